The molecule has 0 bridgehead atoms. The highest BCUT2D eigenvalue weighted by Crippen LogP contribution is 2.52. The van der Waals surface area contributed by atoms with Gasteiger partial charge in [0.1, 0.15) is 11.5 Å². The standard InChI is InChI=1S/C34H44ClN4O8PS/c1-24(27-12-16-31(30(21-27)34(36)41)45-22-26-8-4-3-5-9-26)37-32(40)20-25-10-13-28(14-11-25)47-48(44,38(2)19-7-6-18-35)46-23-29-15-17-33(49-29)39(42)43/h10-17,21,24,26H,3-9,18-20,22-23H2,1-2H3,(H2,36,41)(H,37,40). The fourth-order valence-corrected chi connectivity index (χ4v) is 7.97. The molecule has 15 heteroatoms. The van der Waals surface area contributed by atoms with Crippen molar-refractivity contribution in [3.8, 4) is 11.5 Å². The first-order valence-corrected chi connectivity index (χ1v) is 19.2. The molecule has 0 radical (unpaired) electrons. The van der Waals surface area contributed by atoms with Gasteiger partial charge in [0.2, 0.25) is 5.91 Å². The van der Waals surface area contributed by atoms with E-state index in [0.717, 1.165) is 29.7 Å². The third-order valence-electron chi connectivity index (χ3n) is 8.34. The summed E-state index contributed by atoms with van der Waals surface area (Å²) in [7, 11) is -2.25. The molecule has 12 nitrogen and oxygen atoms in total. The molecule has 1 saturated carbocycles. The summed E-state index contributed by atoms with van der Waals surface area (Å²) >= 11 is 6.75. The molecule has 3 N–H and O–H groups in total. The Bertz CT molecular complexity index is 1620. The number of halogens is 1. The van der Waals surface area contributed by atoms with E-state index in [1.165, 1.54) is 30.0 Å². The molecule has 3 aromatic rings. The van der Waals surface area contributed by atoms with Gasteiger partial charge in [0.05, 0.1) is 36.2 Å². The Morgan fingerprint density at radius 3 is 2.51 bits per heavy atom. The van der Waals surface area contributed by atoms with Gasteiger partial charge in [0.25, 0.3) is 5.91 Å². The van der Waals surface area contributed by atoms with E-state index < -0.39 is 24.6 Å². The molecule has 1 heterocycles. The van der Waals surface area contributed by atoms with Gasteiger partial charge in [0, 0.05) is 23.4 Å². The maximum Gasteiger partial charge on any atom is 0.461 e. The molecule has 2 aromatic carbocycles. The molecule has 2 unspecified atom stereocenters. The first kappa shape index (κ1) is 38.3. The third kappa shape index (κ3) is 11.5. The normalized spacial score (nSPS) is 15.3. The van der Waals surface area contributed by atoms with Crippen LogP contribution in [-0.2, 0) is 26.9 Å². The Labute approximate surface area is 296 Å². The van der Waals surface area contributed by atoms with Crippen molar-refractivity contribution in [2.75, 3.05) is 26.1 Å². The quantitative estimate of drug-likeness (QED) is 0.0411. The second kappa shape index (κ2) is 18.5. The van der Waals surface area contributed by atoms with E-state index in [-0.39, 0.29) is 35.2 Å². The van der Waals surface area contributed by atoms with E-state index >= 15 is 0 Å². The molecule has 1 fully saturated rings. The van der Waals surface area contributed by atoms with Gasteiger partial charge >= 0.3 is 12.7 Å². The second-order valence-corrected chi connectivity index (χ2v) is 15.7. The molecular formula is C34H44ClN4O8PS. The number of nitrogens with one attached hydrogen (secondary N) is 1. The molecule has 0 aliphatic heterocycles. The maximum atomic E-state index is 13.9. The Kier molecular flexibility index (Phi) is 14.5. The summed E-state index contributed by atoms with van der Waals surface area (Å²) in [5.74, 6) is 0.831. The van der Waals surface area contributed by atoms with Gasteiger partial charge in [-0.1, -0.05) is 48.8 Å². The smallest absolute Gasteiger partial charge is 0.461 e. The number of carbonyl (C=O) groups is 2. The number of unbranched alkanes of at least 4 members (excludes halogenated alkanes) is 1. The molecule has 0 saturated heterocycles. The largest absolute Gasteiger partial charge is 0.492 e. The van der Waals surface area contributed by atoms with Crippen molar-refractivity contribution in [1.82, 2.24) is 9.99 Å². The van der Waals surface area contributed by atoms with Gasteiger partial charge in [-0.15, -0.1) is 11.6 Å². The fourth-order valence-electron chi connectivity index (χ4n) is 5.50. The number of primary amides is 1. The van der Waals surface area contributed by atoms with Crippen LogP contribution in [0.25, 0.3) is 0 Å². The molecule has 49 heavy (non-hydrogen) atoms. The van der Waals surface area contributed by atoms with E-state index in [0.29, 0.717) is 54.0 Å². The second-order valence-electron chi connectivity index (χ2n) is 12.2. The van der Waals surface area contributed by atoms with Crippen molar-refractivity contribution in [3.05, 3.63) is 86.3 Å². The summed E-state index contributed by atoms with van der Waals surface area (Å²) < 4.78 is 33.1. The van der Waals surface area contributed by atoms with Crippen molar-refractivity contribution < 1.29 is 32.9 Å². The average molecular weight is 735 g/mol. The lowest BCUT2D eigenvalue weighted by molar-refractivity contribution is -0.380. The molecule has 1 aliphatic rings. The number of rotatable bonds is 19. The number of hydrogen-bond acceptors (Lipinski definition) is 9. The van der Waals surface area contributed by atoms with Crippen molar-refractivity contribution in [2.24, 2.45) is 11.7 Å². The van der Waals surface area contributed by atoms with Gasteiger partial charge < -0.3 is 20.3 Å². The SMILES string of the molecule is CC(NC(=O)Cc1ccc(OP(=O)(OCc2ccc([N+](=O)[O-])s2)N(C)CCCCCl)cc1)c1ccc(OCC2CCCCC2)c(C(N)=O)c1. The zero-order chi connectivity index (χ0) is 35.4. The van der Waals surface area contributed by atoms with E-state index in [1.807, 2.05) is 13.0 Å². The highest BCUT2D eigenvalue weighted by atomic mass is 35.5. The van der Waals surface area contributed by atoms with Crippen LogP contribution in [0.3, 0.4) is 0 Å². The monoisotopic (exact) mass is 734 g/mol. The Hall–Kier alpha value is -3.48. The number of alkyl halides is 1. The van der Waals surface area contributed by atoms with Crippen LogP contribution >= 0.6 is 30.7 Å². The van der Waals surface area contributed by atoms with Crippen LogP contribution in [0.2, 0.25) is 0 Å². The lowest BCUT2D eigenvalue weighted by Crippen LogP contribution is -2.28. The summed E-state index contributed by atoms with van der Waals surface area (Å²) in [6.45, 7) is 2.63. The molecule has 0 spiro atoms. The number of amides is 2. The van der Waals surface area contributed by atoms with E-state index in [2.05, 4.69) is 5.32 Å². The minimum absolute atomic E-state index is 0.0400. The molecule has 2 amide bonds. The predicted molar refractivity (Wildman–Crippen MR) is 190 cm³/mol. The summed E-state index contributed by atoms with van der Waals surface area (Å²) in [4.78, 5) is 36.3. The average Bonchev–Trinajstić information content (AvgIpc) is 3.57. The van der Waals surface area contributed by atoms with Crippen LogP contribution < -0.4 is 20.3 Å². The van der Waals surface area contributed by atoms with Gasteiger partial charge in [-0.05, 0) is 87.0 Å². The summed E-state index contributed by atoms with van der Waals surface area (Å²) in [5.41, 5.74) is 7.37. The first-order chi connectivity index (χ1) is 23.5. The third-order valence-corrected chi connectivity index (χ3v) is 11.5. The van der Waals surface area contributed by atoms with Gasteiger partial charge in [0.15, 0.2) is 0 Å². The van der Waals surface area contributed by atoms with Crippen LogP contribution in [-0.4, -0.2) is 47.5 Å². The topological polar surface area (TPSA) is 163 Å². The predicted octanol–water partition coefficient (Wildman–Crippen LogP) is 7.79. The Balaban J connectivity index is 1.35. The van der Waals surface area contributed by atoms with Crippen LogP contribution in [0.5, 0.6) is 11.5 Å². The van der Waals surface area contributed by atoms with Gasteiger partial charge in [-0.25, -0.2) is 9.24 Å². The summed E-state index contributed by atoms with van der Waals surface area (Å²) in [6, 6.07) is 14.4. The summed E-state index contributed by atoms with van der Waals surface area (Å²) in [6.07, 6.45) is 7.34. The number of thiophene rings is 1. The van der Waals surface area contributed by atoms with Crippen LogP contribution in [0.1, 0.15) is 84.3 Å². The molecule has 1 aromatic heterocycles. The maximum absolute atomic E-state index is 13.9. The van der Waals surface area contributed by atoms with E-state index in [1.54, 1.807) is 49.5 Å². The zero-order valence-electron chi connectivity index (χ0n) is 27.8. The number of carbonyl (C=O) groups excluding carboxylic acids is 2. The van der Waals surface area contributed by atoms with E-state index in [4.69, 9.17) is 31.1 Å². The Morgan fingerprint density at radius 2 is 1.86 bits per heavy atom. The number of nitrogens with zero attached hydrogens (tertiary/aromatic N) is 2. The highest BCUT2D eigenvalue weighted by molar-refractivity contribution is 7.51. The molecule has 266 valence electrons. The van der Waals surface area contributed by atoms with Crippen LogP contribution in [0.15, 0.2) is 54.6 Å². The lowest BCUT2D eigenvalue weighted by Gasteiger charge is -2.27. The first-order valence-electron chi connectivity index (χ1n) is 16.4. The Morgan fingerprint density at radius 1 is 1.12 bits per heavy atom. The van der Waals surface area contributed by atoms with Crippen molar-refractivity contribution in [3.63, 3.8) is 0 Å². The minimum atomic E-state index is -3.87. The number of hydrogen-bond donors (Lipinski definition) is 2. The number of ether oxygens (including phenoxy) is 1. The number of nitrogens with two attached hydrogens (primary N) is 1. The molecule has 1 aliphatic carbocycles. The summed E-state index contributed by atoms with van der Waals surface area (Å²) in [5, 5.41) is 14.0. The molecule has 4 rings (SSSR count). The van der Waals surface area contributed by atoms with Crippen molar-refractivity contribution >= 4 is 47.5 Å². The number of nitro groups is 1. The van der Waals surface area contributed by atoms with E-state index in [9.17, 15) is 24.3 Å². The molecular weight excluding hydrogens is 691 g/mol. The fraction of sp³-hybridized carbons (Fsp3) is 0.471. The lowest BCUT2D eigenvalue weighted by atomic mass is 9.90. The highest BCUT2D eigenvalue weighted by Gasteiger charge is 2.33. The number of benzene rings is 2. The van der Waals surface area contributed by atoms with Gasteiger partial charge in [-0.2, -0.15) is 0 Å². The minimum Gasteiger partial charge on any atom is -0.492 e. The van der Waals surface area contributed by atoms with Crippen molar-refractivity contribution in [2.45, 2.75) is 70.9 Å². The van der Waals surface area contributed by atoms with Gasteiger partial charge in [-0.3, -0.25) is 24.2 Å². The molecule has 2 atom stereocenters. The van der Waals surface area contributed by atoms with Crippen LogP contribution in [0.4, 0.5) is 5.00 Å². The zero-order valence-corrected chi connectivity index (χ0v) is 30.3. The van der Waals surface area contributed by atoms with Crippen LogP contribution in [0, 0.1) is 16.0 Å². The van der Waals surface area contributed by atoms with Crippen molar-refractivity contribution in [1.29, 1.82) is 0 Å².